The summed E-state index contributed by atoms with van der Waals surface area (Å²) in [7, 11) is 0. The Morgan fingerprint density at radius 2 is 2.19 bits per heavy atom. The first kappa shape index (κ1) is 13.5. The van der Waals surface area contributed by atoms with Crippen LogP contribution in [0.15, 0.2) is 0 Å². The van der Waals surface area contributed by atoms with Gasteiger partial charge in [-0.3, -0.25) is 4.79 Å². The summed E-state index contributed by atoms with van der Waals surface area (Å²) in [5.74, 6) is 0.880. The molecule has 1 amide bonds. The zero-order valence-corrected chi connectivity index (χ0v) is 10.9. The third-order valence-corrected chi connectivity index (χ3v) is 3.47. The van der Waals surface area contributed by atoms with Gasteiger partial charge in [0.2, 0.25) is 5.91 Å². The topological polar surface area (TPSA) is 41.1 Å². The summed E-state index contributed by atoms with van der Waals surface area (Å²) in [6, 6.07) is 0.347. The smallest absolute Gasteiger partial charge is 0.237 e. The molecule has 1 heterocycles. The molecule has 2 N–H and O–H groups in total. The van der Waals surface area contributed by atoms with Gasteiger partial charge in [0.15, 0.2) is 0 Å². The predicted molar refractivity (Wildman–Crippen MR) is 67.3 cm³/mol. The van der Waals surface area contributed by atoms with Crippen molar-refractivity contribution in [3.63, 3.8) is 0 Å². The Bertz CT molecular complexity index is 212. The number of nitrogens with one attached hydrogen (secondary N) is 2. The molecule has 94 valence electrons. The van der Waals surface area contributed by atoms with Crippen LogP contribution in [0.3, 0.4) is 0 Å². The van der Waals surface area contributed by atoms with Crippen molar-refractivity contribution in [1.82, 2.24) is 10.6 Å². The van der Waals surface area contributed by atoms with Crippen LogP contribution >= 0.6 is 0 Å². The molecule has 0 bridgehead atoms. The second-order valence-electron chi connectivity index (χ2n) is 5.16. The second kappa shape index (κ2) is 6.89. The number of carbonyl (C=O) groups is 1. The largest absolute Gasteiger partial charge is 0.352 e. The summed E-state index contributed by atoms with van der Waals surface area (Å²) in [6.45, 7) is 7.52. The normalized spacial score (nSPS) is 24.8. The van der Waals surface area contributed by atoms with Crippen LogP contribution in [0, 0.1) is 5.92 Å². The Balaban J connectivity index is 2.26. The average molecular weight is 226 g/mol. The van der Waals surface area contributed by atoms with E-state index in [1.165, 1.54) is 19.3 Å². The van der Waals surface area contributed by atoms with Gasteiger partial charge in [-0.25, -0.2) is 0 Å². The minimum absolute atomic E-state index is 0.0492. The lowest BCUT2D eigenvalue weighted by molar-refractivity contribution is -0.124. The van der Waals surface area contributed by atoms with Crippen molar-refractivity contribution in [2.24, 2.45) is 5.92 Å². The summed E-state index contributed by atoms with van der Waals surface area (Å²) in [4.78, 5) is 11.9. The maximum atomic E-state index is 11.9. The van der Waals surface area contributed by atoms with Gasteiger partial charge in [-0.1, -0.05) is 26.7 Å². The van der Waals surface area contributed by atoms with E-state index in [0.29, 0.717) is 12.0 Å². The highest BCUT2D eigenvalue weighted by Gasteiger charge is 2.21. The third kappa shape index (κ3) is 4.52. The van der Waals surface area contributed by atoms with Gasteiger partial charge in [-0.2, -0.15) is 0 Å². The molecule has 0 saturated carbocycles. The molecule has 1 rings (SSSR count). The highest BCUT2D eigenvalue weighted by atomic mass is 16.2. The van der Waals surface area contributed by atoms with Crippen molar-refractivity contribution in [2.45, 2.75) is 65.0 Å². The molecule has 3 atom stereocenters. The molecule has 3 heteroatoms. The van der Waals surface area contributed by atoms with Crippen molar-refractivity contribution in [1.29, 1.82) is 0 Å². The summed E-state index contributed by atoms with van der Waals surface area (Å²) in [6.07, 6.45) is 5.62. The third-order valence-electron chi connectivity index (χ3n) is 3.47. The molecule has 0 radical (unpaired) electrons. The van der Waals surface area contributed by atoms with Crippen molar-refractivity contribution in [3.8, 4) is 0 Å². The molecule has 1 fully saturated rings. The number of rotatable bonds is 5. The Kier molecular flexibility index (Phi) is 5.81. The SMILES string of the molecule is CCC(C)CC(C)NC(=O)[C@@H]1CCCCN1. The van der Waals surface area contributed by atoms with Crippen molar-refractivity contribution in [2.75, 3.05) is 6.54 Å². The van der Waals surface area contributed by atoms with Gasteiger partial charge in [0.25, 0.3) is 0 Å². The number of carbonyl (C=O) groups excluding carboxylic acids is 1. The standard InChI is InChI=1S/C13H26N2O/c1-4-10(2)9-11(3)15-13(16)12-7-5-6-8-14-12/h10-12,14H,4-9H2,1-3H3,(H,15,16)/t10?,11?,12-/m0/s1. The van der Waals surface area contributed by atoms with E-state index < -0.39 is 0 Å². The molecule has 0 aromatic heterocycles. The number of hydrogen-bond acceptors (Lipinski definition) is 2. The van der Waals surface area contributed by atoms with E-state index in [1.54, 1.807) is 0 Å². The summed E-state index contributed by atoms with van der Waals surface area (Å²) in [5, 5.41) is 6.39. The minimum atomic E-state index is 0.0492. The van der Waals surface area contributed by atoms with E-state index in [0.717, 1.165) is 19.4 Å². The van der Waals surface area contributed by atoms with E-state index in [1.807, 2.05) is 0 Å². The summed E-state index contributed by atoms with van der Waals surface area (Å²) >= 11 is 0. The maximum absolute atomic E-state index is 11.9. The number of hydrogen-bond donors (Lipinski definition) is 2. The summed E-state index contributed by atoms with van der Waals surface area (Å²) < 4.78 is 0. The monoisotopic (exact) mass is 226 g/mol. The molecule has 1 saturated heterocycles. The van der Waals surface area contributed by atoms with Crippen molar-refractivity contribution >= 4 is 5.91 Å². The first-order valence-corrected chi connectivity index (χ1v) is 6.67. The van der Waals surface area contributed by atoms with E-state index >= 15 is 0 Å². The van der Waals surface area contributed by atoms with Crippen LogP contribution in [0.5, 0.6) is 0 Å². The van der Waals surface area contributed by atoms with Crippen LogP contribution in [0.1, 0.15) is 52.9 Å². The van der Waals surface area contributed by atoms with Crippen LogP contribution in [0.2, 0.25) is 0 Å². The Morgan fingerprint density at radius 3 is 2.75 bits per heavy atom. The van der Waals surface area contributed by atoms with Crippen LogP contribution in [-0.4, -0.2) is 24.5 Å². The van der Waals surface area contributed by atoms with Crippen LogP contribution in [0.4, 0.5) is 0 Å². The van der Waals surface area contributed by atoms with Gasteiger partial charge in [0.05, 0.1) is 6.04 Å². The zero-order valence-electron chi connectivity index (χ0n) is 10.9. The Hall–Kier alpha value is -0.570. The lowest BCUT2D eigenvalue weighted by atomic mass is 9.99. The average Bonchev–Trinajstić information content (AvgIpc) is 2.29. The van der Waals surface area contributed by atoms with E-state index in [-0.39, 0.29) is 11.9 Å². The Labute approximate surface area is 99.4 Å². The van der Waals surface area contributed by atoms with Crippen LogP contribution in [-0.2, 0) is 4.79 Å². The molecule has 0 spiro atoms. The molecule has 0 aromatic rings. The molecular weight excluding hydrogens is 200 g/mol. The zero-order chi connectivity index (χ0) is 12.0. The van der Waals surface area contributed by atoms with E-state index in [2.05, 4.69) is 31.4 Å². The molecule has 2 unspecified atom stereocenters. The second-order valence-corrected chi connectivity index (χ2v) is 5.16. The maximum Gasteiger partial charge on any atom is 0.237 e. The molecular formula is C13H26N2O. The molecule has 16 heavy (non-hydrogen) atoms. The first-order valence-electron chi connectivity index (χ1n) is 6.67. The highest BCUT2D eigenvalue weighted by Crippen LogP contribution is 2.11. The van der Waals surface area contributed by atoms with Crippen molar-refractivity contribution in [3.05, 3.63) is 0 Å². The molecule has 1 aliphatic rings. The van der Waals surface area contributed by atoms with Gasteiger partial charge in [-0.05, 0) is 38.6 Å². The molecule has 0 aliphatic carbocycles. The minimum Gasteiger partial charge on any atom is -0.352 e. The first-order chi connectivity index (χ1) is 7.63. The predicted octanol–water partition coefficient (Wildman–Crippen LogP) is 2.07. The fraction of sp³-hybridized carbons (Fsp3) is 0.923. The fourth-order valence-corrected chi connectivity index (χ4v) is 2.25. The van der Waals surface area contributed by atoms with Gasteiger partial charge >= 0.3 is 0 Å². The van der Waals surface area contributed by atoms with Crippen LogP contribution < -0.4 is 10.6 Å². The van der Waals surface area contributed by atoms with E-state index in [9.17, 15) is 4.79 Å². The molecule has 0 aromatic carbocycles. The Morgan fingerprint density at radius 1 is 1.44 bits per heavy atom. The van der Waals surface area contributed by atoms with Gasteiger partial charge < -0.3 is 10.6 Å². The number of piperidine rings is 1. The van der Waals surface area contributed by atoms with E-state index in [4.69, 9.17) is 0 Å². The van der Waals surface area contributed by atoms with Crippen LogP contribution in [0.25, 0.3) is 0 Å². The lowest BCUT2D eigenvalue weighted by Crippen LogP contribution is -2.49. The fourth-order valence-electron chi connectivity index (χ4n) is 2.25. The van der Waals surface area contributed by atoms with Gasteiger partial charge in [-0.15, -0.1) is 0 Å². The van der Waals surface area contributed by atoms with Gasteiger partial charge in [0.1, 0.15) is 0 Å². The quantitative estimate of drug-likeness (QED) is 0.753. The molecule has 1 aliphatic heterocycles. The van der Waals surface area contributed by atoms with Gasteiger partial charge in [0, 0.05) is 6.04 Å². The molecule has 3 nitrogen and oxygen atoms in total. The lowest BCUT2D eigenvalue weighted by Gasteiger charge is -2.25. The van der Waals surface area contributed by atoms with Crippen molar-refractivity contribution < 1.29 is 4.79 Å². The summed E-state index contributed by atoms with van der Waals surface area (Å²) in [5.41, 5.74) is 0. The number of amides is 1. The highest BCUT2D eigenvalue weighted by molar-refractivity contribution is 5.82.